The minimum absolute atomic E-state index is 0.210. The van der Waals surface area contributed by atoms with Crippen LogP contribution >= 0.6 is 0 Å². The highest BCUT2D eigenvalue weighted by molar-refractivity contribution is 5.09. The van der Waals surface area contributed by atoms with Crippen LogP contribution in [0.1, 0.15) is 32.8 Å². The van der Waals surface area contributed by atoms with Gasteiger partial charge in [0.2, 0.25) is 0 Å². The van der Waals surface area contributed by atoms with E-state index >= 15 is 0 Å². The first-order valence-corrected chi connectivity index (χ1v) is 7.47. The van der Waals surface area contributed by atoms with Crippen LogP contribution in [0.15, 0.2) is 24.5 Å². The summed E-state index contributed by atoms with van der Waals surface area (Å²) in [6.45, 7) is 8.23. The van der Waals surface area contributed by atoms with Gasteiger partial charge in [-0.2, -0.15) is 0 Å². The van der Waals surface area contributed by atoms with Gasteiger partial charge >= 0.3 is 0 Å². The van der Waals surface area contributed by atoms with E-state index in [0.717, 1.165) is 19.4 Å². The average molecular weight is 280 g/mol. The number of pyridine rings is 1. The van der Waals surface area contributed by atoms with Crippen molar-refractivity contribution in [2.45, 2.75) is 45.8 Å². The second-order valence-electron chi connectivity index (χ2n) is 5.74. The minimum atomic E-state index is -0.443. The number of ether oxygens (including phenoxy) is 1. The van der Waals surface area contributed by atoms with Crippen molar-refractivity contribution in [3.63, 3.8) is 0 Å². The molecule has 0 aliphatic heterocycles. The van der Waals surface area contributed by atoms with Gasteiger partial charge in [0.05, 0.1) is 18.8 Å². The predicted octanol–water partition coefficient (Wildman–Crippen LogP) is 2.03. The summed E-state index contributed by atoms with van der Waals surface area (Å²) in [4.78, 5) is 3.99. The summed E-state index contributed by atoms with van der Waals surface area (Å²) in [7, 11) is 0. The summed E-state index contributed by atoms with van der Waals surface area (Å²) >= 11 is 0. The minimum Gasteiger partial charge on any atom is -0.389 e. The SMILES string of the molecule is CC(C)CC(C)OCC(O)CNCCc1ccncc1. The Kier molecular flexibility index (Phi) is 8.42. The van der Waals surface area contributed by atoms with Crippen LogP contribution in [0, 0.1) is 5.92 Å². The van der Waals surface area contributed by atoms with Crippen molar-refractivity contribution in [1.29, 1.82) is 0 Å². The molecule has 0 aliphatic rings. The maximum absolute atomic E-state index is 9.83. The molecule has 0 saturated carbocycles. The van der Waals surface area contributed by atoms with Crippen molar-refractivity contribution in [2.75, 3.05) is 19.7 Å². The van der Waals surface area contributed by atoms with Gasteiger partial charge in [-0.1, -0.05) is 13.8 Å². The van der Waals surface area contributed by atoms with Crippen LogP contribution < -0.4 is 5.32 Å². The number of aromatic nitrogens is 1. The molecular formula is C16H28N2O2. The molecule has 2 N–H and O–H groups in total. The molecule has 4 nitrogen and oxygen atoms in total. The van der Waals surface area contributed by atoms with Crippen molar-refractivity contribution < 1.29 is 9.84 Å². The molecule has 0 aromatic carbocycles. The quantitative estimate of drug-likeness (QED) is 0.644. The lowest BCUT2D eigenvalue weighted by Gasteiger charge is -2.18. The van der Waals surface area contributed by atoms with Crippen LogP contribution in [-0.4, -0.2) is 42.0 Å². The van der Waals surface area contributed by atoms with Gasteiger partial charge in [0.25, 0.3) is 0 Å². The third-order valence-electron chi connectivity index (χ3n) is 3.10. The second kappa shape index (κ2) is 9.86. The molecule has 0 aliphatic carbocycles. The van der Waals surface area contributed by atoms with Crippen LogP contribution in [0.4, 0.5) is 0 Å². The first kappa shape index (κ1) is 17.1. The van der Waals surface area contributed by atoms with E-state index in [2.05, 4.69) is 31.1 Å². The first-order valence-electron chi connectivity index (χ1n) is 7.47. The van der Waals surface area contributed by atoms with Gasteiger partial charge < -0.3 is 15.2 Å². The molecule has 0 saturated heterocycles. The number of hydrogen-bond acceptors (Lipinski definition) is 4. The van der Waals surface area contributed by atoms with Crippen LogP contribution in [0.3, 0.4) is 0 Å². The third kappa shape index (κ3) is 8.25. The summed E-state index contributed by atoms with van der Waals surface area (Å²) in [5.74, 6) is 0.626. The van der Waals surface area contributed by atoms with Crippen LogP contribution in [0.2, 0.25) is 0 Å². The molecule has 1 aromatic rings. The molecule has 2 atom stereocenters. The van der Waals surface area contributed by atoms with Gasteiger partial charge in [0, 0.05) is 18.9 Å². The molecule has 114 valence electrons. The normalized spacial score (nSPS) is 14.4. The Morgan fingerprint density at radius 1 is 1.25 bits per heavy atom. The van der Waals surface area contributed by atoms with Crippen molar-refractivity contribution in [3.05, 3.63) is 30.1 Å². The van der Waals surface area contributed by atoms with Crippen LogP contribution in [0.5, 0.6) is 0 Å². The van der Waals surface area contributed by atoms with Gasteiger partial charge in [-0.3, -0.25) is 4.98 Å². The lowest BCUT2D eigenvalue weighted by atomic mass is 10.1. The molecule has 20 heavy (non-hydrogen) atoms. The zero-order chi connectivity index (χ0) is 14.8. The lowest BCUT2D eigenvalue weighted by Crippen LogP contribution is -2.32. The largest absolute Gasteiger partial charge is 0.389 e. The molecule has 0 radical (unpaired) electrons. The lowest BCUT2D eigenvalue weighted by molar-refractivity contribution is -0.00839. The van der Waals surface area contributed by atoms with Crippen molar-refractivity contribution >= 4 is 0 Å². The highest BCUT2D eigenvalue weighted by atomic mass is 16.5. The summed E-state index contributed by atoms with van der Waals surface area (Å²) < 4.78 is 5.63. The molecule has 2 unspecified atom stereocenters. The maximum atomic E-state index is 9.83. The van der Waals surface area contributed by atoms with E-state index in [1.165, 1.54) is 5.56 Å². The Hall–Kier alpha value is -0.970. The zero-order valence-electron chi connectivity index (χ0n) is 12.9. The number of aliphatic hydroxyl groups is 1. The molecule has 0 amide bonds. The Bertz CT molecular complexity index is 344. The van der Waals surface area contributed by atoms with Crippen molar-refractivity contribution in [3.8, 4) is 0 Å². The number of nitrogens with one attached hydrogen (secondary N) is 1. The Morgan fingerprint density at radius 2 is 1.95 bits per heavy atom. The molecule has 0 spiro atoms. The first-order chi connectivity index (χ1) is 9.58. The summed E-state index contributed by atoms with van der Waals surface area (Å²) in [6, 6.07) is 4.02. The molecule has 1 heterocycles. The summed E-state index contributed by atoms with van der Waals surface area (Å²) in [6.07, 6.45) is 5.34. The standard InChI is InChI=1S/C16H28N2O2/c1-13(2)10-14(3)20-12-16(19)11-18-9-6-15-4-7-17-8-5-15/h4-5,7-8,13-14,16,18-19H,6,9-12H2,1-3H3. The maximum Gasteiger partial charge on any atom is 0.0897 e. The molecule has 0 bridgehead atoms. The van der Waals surface area contributed by atoms with Gasteiger partial charge in [0.15, 0.2) is 0 Å². The average Bonchev–Trinajstić information content (AvgIpc) is 2.42. The van der Waals surface area contributed by atoms with Crippen molar-refractivity contribution in [2.24, 2.45) is 5.92 Å². The molecular weight excluding hydrogens is 252 g/mol. The van der Waals surface area contributed by atoms with E-state index in [1.807, 2.05) is 12.1 Å². The third-order valence-corrected chi connectivity index (χ3v) is 3.10. The fourth-order valence-corrected chi connectivity index (χ4v) is 2.12. The molecule has 1 aromatic heterocycles. The number of nitrogens with zero attached hydrogens (tertiary/aromatic N) is 1. The fourth-order valence-electron chi connectivity index (χ4n) is 2.12. The monoisotopic (exact) mass is 280 g/mol. The molecule has 4 heteroatoms. The number of aliphatic hydroxyl groups excluding tert-OH is 1. The highest BCUT2D eigenvalue weighted by Crippen LogP contribution is 2.07. The summed E-state index contributed by atoms with van der Waals surface area (Å²) in [5, 5.41) is 13.1. The smallest absolute Gasteiger partial charge is 0.0897 e. The fraction of sp³-hybridized carbons (Fsp3) is 0.688. The van der Waals surface area contributed by atoms with E-state index in [0.29, 0.717) is 19.1 Å². The van der Waals surface area contributed by atoms with Crippen molar-refractivity contribution in [1.82, 2.24) is 10.3 Å². The predicted molar refractivity (Wildman–Crippen MR) is 81.7 cm³/mol. The van der Waals surface area contributed by atoms with E-state index in [9.17, 15) is 5.11 Å². The van der Waals surface area contributed by atoms with E-state index < -0.39 is 6.10 Å². The van der Waals surface area contributed by atoms with E-state index in [1.54, 1.807) is 12.4 Å². The Balaban J connectivity index is 2.04. The van der Waals surface area contributed by atoms with Gasteiger partial charge in [-0.15, -0.1) is 0 Å². The van der Waals surface area contributed by atoms with Gasteiger partial charge in [-0.25, -0.2) is 0 Å². The highest BCUT2D eigenvalue weighted by Gasteiger charge is 2.09. The molecule has 1 rings (SSSR count). The van der Waals surface area contributed by atoms with Crippen LogP contribution in [0.25, 0.3) is 0 Å². The molecule has 0 fully saturated rings. The second-order valence-corrected chi connectivity index (χ2v) is 5.74. The number of rotatable bonds is 10. The van der Waals surface area contributed by atoms with E-state index in [4.69, 9.17) is 4.74 Å². The van der Waals surface area contributed by atoms with Gasteiger partial charge in [0.1, 0.15) is 0 Å². The zero-order valence-corrected chi connectivity index (χ0v) is 12.9. The Labute approximate surface area is 122 Å². The van der Waals surface area contributed by atoms with Crippen LogP contribution in [-0.2, 0) is 11.2 Å². The topological polar surface area (TPSA) is 54.4 Å². The van der Waals surface area contributed by atoms with Gasteiger partial charge in [-0.05, 0) is 49.9 Å². The van der Waals surface area contributed by atoms with E-state index in [-0.39, 0.29) is 6.10 Å². The summed E-state index contributed by atoms with van der Waals surface area (Å²) in [5.41, 5.74) is 1.25. The number of hydrogen-bond donors (Lipinski definition) is 2. The Morgan fingerprint density at radius 3 is 2.60 bits per heavy atom.